The van der Waals surface area contributed by atoms with Crippen LogP contribution in [0.3, 0.4) is 0 Å². The fourth-order valence-corrected chi connectivity index (χ4v) is 9.36. The summed E-state index contributed by atoms with van der Waals surface area (Å²) in [7, 11) is 0. The van der Waals surface area contributed by atoms with Crippen LogP contribution in [0.25, 0.3) is 49.6 Å². The molecule has 7 aromatic carbocycles. The number of benzene rings is 7. The zero-order valence-electron chi connectivity index (χ0n) is 27.8. The lowest BCUT2D eigenvalue weighted by Gasteiger charge is -2.40. The topological polar surface area (TPSA) is 25.2 Å². The molecule has 3 nitrogen and oxygen atoms in total. The highest BCUT2D eigenvalue weighted by Gasteiger charge is 2.41. The normalized spacial score (nSPS) is 14.4. The number of nitrogens with zero attached hydrogens (tertiary/aromatic N) is 2. The van der Waals surface area contributed by atoms with Gasteiger partial charge in [0, 0.05) is 38.9 Å². The van der Waals surface area contributed by atoms with Crippen molar-refractivity contribution < 1.29 is 0 Å². The lowest BCUT2D eigenvalue weighted by atomic mass is 9.33. The molecule has 0 amide bonds. The number of fused-ring (bicyclic) bond motifs is 9. The van der Waals surface area contributed by atoms with Crippen LogP contribution >= 0.6 is 0 Å². The molecule has 1 aliphatic carbocycles. The van der Waals surface area contributed by atoms with Crippen molar-refractivity contribution in [1.82, 2.24) is 4.57 Å². The van der Waals surface area contributed by atoms with E-state index in [-0.39, 0.29) is 17.7 Å². The third-order valence-corrected chi connectivity index (χ3v) is 11.6. The second-order valence-corrected chi connectivity index (χ2v) is 14.4. The molecule has 0 saturated carbocycles. The summed E-state index contributed by atoms with van der Waals surface area (Å²) in [6, 6.07) is 54.4. The van der Waals surface area contributed by atoms with Gasteiger partial charge in [-0.25, -0.2) is 0 Å². The van der Waals surface area contributed by atoms with Gasteiger partial charge in [0.15, 0.2) is 0 Å². The van der Waals surface area contributed by atoms with E-state index in [0.717, 1.165) is 49.9 Å². The van der Waals surface area contributed by atoms with Crippen LogP contribution in [-0.2, 0) is 5.41 Å². The van der Waals surface area contributed by atoms with Crippen LogP contribution in [0.4, 0.5) is 17.1 Å². The van der Waals surface area contributed by atoms with E-state index in [1.807, 2.05) is 4.57 Å². The molecule has 4 heteroatoms. The Morgan fingerprint density at radius 3 is 2.10 bits per heavy atom. The first-order valence-electron chi connectivity index (χ1n) is 17.4. The SMILES string of the molecule is CC1(C)c2ccccc2-c2ccc(-c3ccc4c(c3)c(=O)n3c5c(cccc45)B4c5ccccc5N(c5ccccc5)c5cccc-3c54)cc21. The fraction of sp³-hybridized carbons (Fsp3) is 0.0652. The summed E-state index contributed by atoms with van der Waals surface area (Å²) in [6.07, 6.45) is 0. The highest BCUT2D eigenvalue weighted by atomic mass is 16.1. The Labute approximate surface area is 290 Å². The highest BCUT2D eigenvalue weighted by Crippen LogP contribution is 2.49. The minimum Gasteiger partial charge on any atom is -0.311 e. The smallest absolute Gasteiger partial charge is 0.263 e. The number of anilines is 3. The standard InChI is InChI=1S/C46H31BN2O/c1-46(2)36-16-7-6-14-32(36)33-25-23-29(27-37(33)46)28-22-24-31-34-15-10-18-39-44(34)49(45(50)35(31)26-28)42-21-11-20-41-43(42)47(39)38-17-8-9-19-40(38)48(41)30-12-4-3-5-13-30/h3-27H,1-2H3. The molecule has 0 unspecified atom stereocenters. The number of pyridine rings is 1. The molecule has 0 spiro atoms. The average Bonchev–Trinajstić information content (AvgIpc) is 3.39. The van der Waals surface area contributed by atoms with E-state index >= 15 is 4.79 Å². The van der Waals surface area contributed by atoms with Crippen LogP contribution in [0.2, 0.25) is 0 Å². The van der Waals surface area contributed by atoms with Crippen molar-refractivity contribution in [3.05, 3.63) is 173 Å². The molecule has 234 valence electrons. The molecule has 0 fully saturated rings. The van der Waals surface area contributed by atoms with Crippen LogP contribution in [0.5, 0.6) is 0 Å². The zero-order valence-corrected chi connectivity index (χ0v) is 27.8. The fourth-order valence-electron chi connectivity index (χ4n) is 9.36. The van der Waals surface area contributed by atoms with Gasteiger partial charge < -0.3 is 4.90 Å². The van der Waals surface area contributed by atoms with Gasteiger partial charge in [0.25, 0.3) is 12.3 Å². The van der Waals surface area contributed by atoms with E-state index in [9.17, 15) is 0 Å². The van der Waals surface area contributed by atoms with E-state index in [1.54, 1.807) is 0 Å². The third kappa shape index (κ3) is 3.48. The molecule has 0 bridgehead atoms. The van der Waals surface area contributed by atoms with Crippen molar-refractivity contribution in [1.29, 1.82) is 0 Å². The average molecular weight is 639 g/mol. The summed E-state index contributed by atoms with van der Waals surface area (Å²) >= 11 is 0. The largest absolute Gasteiger partial charge is 0.311 e. The maximum absolute atomic E-state index is 15.0. The Bertz CT molecular complexity index is 2830. The molecule has 0 N–H and O–H groups in total. The third-order valence-electron chi connectivity index (χ3n) is 11.6. The van der Waals surface area contributed by atoms with Crippen molar-refractivity contribution in [2.45, 2.75) is 19.3 Å². The lowest BCUT2D eigenvalue weighted by Crippen LogP contribution is -2.61. The Morgan fingerprint density at radius 1 is 0.520 bits per heavy atom. The first-order valence-corrected chi connectivity index (χ1v) is 17.4. The second-order valence-electron chi connectivity index (χ2n) is 14.4. The van der Waals surface area contributed by atoms with Gasteiger partial charge >= 0.3 is 0 Å². The molecule has 50 heavy (non-hydrogen) atoms. The van der Waals surface area contributed by atoms with Crippen LogP contribution < -0.4 is 26.8 Å². The number of hydrogen-bond donors (Lipinski definition) is 0. The number of aromatic nitrogens is 1. The summed E-state index contributed by atoms with van der Waals surface area (Å²) in [6.45, 7) is 4.64. The lowest BCUT2D eigenvalue weighted by molar-refractivity contribution is 0.660. The first kappa shape index (κ1) is 27.8. The van der Waals surface area contributed by atoms with Gasteiger partial charge in [-0.3, -0.25) is 9.36 Å². The summed E-state index contributed by atoms with van der Waals surface area (Å²) in [4.78, 5) is 17.4. The van der Waals surface area contributed by atoms with Gasteiger partial charge in [-0.2, -0.15) is 0 Å². The van der Waals surface area contributed by atoms with E-state index < -0.39 is 0 Å². The second kappa shape index (κ2) is 9.74. The molecule has 0 radical (unpaired) electrons. The Morgan fingerprint density at radius 2 is 1.20 bits per heavy atom. The van der Waals surface area contributed by atoms with Crippen LogP contribution in [0, 0.1) is 0 Å². The van der Waals surface area contributed by atoms with Crippen molar-refractivity contribution >= 4 is 61.8 Å². The summed E-state index contributed by atoms with van der Waals surface area (Å²) in [5, 5.41) is 2.84. The van der Waals surface area contributed by atoms with Gasteiger partial charge in [0.1, 0.15) is 0 Å². The van der Waals surface area contributed by atoms with Crippen molar-refractivity contribution in [2.24, 2.45) is 0 Å². The van der Waals surface area contributed by atoms with E-state index in [1.165, 1.54) is 44.3 Å². The molecule has 3 aliphatic rings. The molecular formula is C46H31BN2O. The Balaban J connectivity index is 1.17. The molecule has 3 heterocycles. The minimum atomic E-state index is -0.0930. The van der Waals surface area contributed by atoms with Crippen molar-refractivity contribution in [2.75, 3.05) is 4.90 Å². The molecule has 11 rings (SSSR count). The Kier molecular flexibility index (Phi) is 5.41. The van der Waals surface area contributed by atoms with Gasteiger partial charge in [-0.15, -0.1) is 0 Å². The van der Waals surface area contributed by atoms with Gasteiger partial charge in [0.2, 0.25) is 0 Å². The monoisotopic (exact) mass is 638 g/mol. The summed E-state index contributed by atoms with van der Waals surface area (Å²) in [5.41, 5.74) is 16.4. The van der Waals surface area contributed by atoms with Gasteiger partial charge in [-0.05, 0) is 97.6 Å². The van der Waals surface area contributed by atoms with Crippen molar-refractivity contribution in [3.63, 3.8) is 0 Å². The molecule has 1 aromatic heterocycles. The van der Waals surface area contributed by atoms with Crippen LogP contribution in [-0.4, -0.2) is 11.3 Å². The van der Waals surface area contributed by atoms with Crippen LogP contribution in [0.15, 0.2) is 156 Å². The maximum atomic E-state index is 15.0. The summed E-state index contributed by atoms with van der Waals surface area (Å²) in [5.74, 6) is 0. The predicted octanol–water partition coefficient (Wildman–Crippen LogP) is 8.73. The molecule has 0 atom stereocenters. The molecule has 8 aromatic rings. The highest BCUT2D eigenvalue weighted by molar-refractivity contribution is 7.00. The van der Waals surface area contributed by atoms with Gasteiger partial charge in [-0.1, -0.05) is 123 Å². The first-order chi connectivity index (χ1) is 24.5. The molecular weight excluding hydrogens is 607 g/mol. The van der Waals surface area contributed by atoms with Crippen molar-refractivity contribution in [3.8, 4) is 27.9 Å². The number of rotatable bonds is 2. The minimum absolute atomic E-state index is 0.0103. The predicted molar refractivity (Wildman–Crippen MR) is 209 cm³/mol. The zero-order chi connectivity index (χ0) is 33.3. The summed E-state index contributed by atoms with van der Waals surface area (Å²) < 4.78 is 2.01. The molecule has 0 saturated heterocycles. The molecule has 2 aliphatic heterocycles. The number of para-hydroxylation sites is 3. The quantitative estimate of drug-likeness (QED) is 0.140. The van der Waals surface area contributed by atoms with Crippen LogP contribution in [0.1, 0.15) is 25.0 Å². The Hall–Kier alpha value is -6.13. The maximum Gasteiger partial charge on any atom is 0.263 e. The van der Waals surface area contributed by atoms with E-state index in [2.05, 4.69) is 170 Å². The van der Waals surface area contributed by atoms with E-state index in [0.29, 0.717) is 0 Å². The van der Waals surface area contributed by atoms with E-state index in [4.69, 9.17) is 0 Å². The number of hydrogen-bond acceptors (Lipinski definition) is 2. The van der Waals surface area contributed by atoms with Gasteiger partial charge in [0.05, 0.1) is 5.52 Å².